The van der Waals surface area contributed by atoms with Crippen molar-refractivity contribution in [3.8, 4) is 0 Å². The number of nitrogens with zero attached hydrogens (tertiary/aromatic N) is 1. The Labute approximate surface area is 117 Å². The lowest BCUT2D eigenvalue weighted by Crippen LogP contribution is -2.34. The van der Waals surface area contributed by atoms with Gasteiger partial charge in [0.05, 0.1) is 0 Å². The third-order valence-corrected chi connectivity index (χ3v) is 4.72. The Bertz CT molecular complexity index is 512. The van der Waals surface area contributed by atoms with E-state index in [1.54, 1.807) is 19.3 Å². The van der Waals surface area contributed by atoms with E-state index in [0.717, 1.165) is 18.6 Å². The molecule has 0 bridgehead atoms. The summed E-state index contributed by atoms with van der Waals surface area (Å²) in [7, 11) is 1.67. The molecule has 1 N–H and O–H groups in total. The first-order valence-electron chi connectivity index (χ1n) is 6.69. The molecular weight excluding hydrogens is 260 g/mol. The minimum atomic E-state index is -0.154. The molecule has 0 spiro atoms. The maximum absolute atomic E-state index is 12.1. The van der Waals surface area contributed by atoms with Gasteiger partial charge in [-0.2, -0.15) is 11.8 Å². The van der Waals surface area contributed by atoms with E-state index < -0.39 is 0 Å². The van der Waals surface area contributed by atoms with Crippen molar-refractivity contribution in [1.29, 1.82) is 0 Å². The van der Waals surface area contributed by atoms with E-state index in [4.69, 9.17) is 0 Å². The minimum Gasteiger partial charge on any atom is -0.349 e. The lowest BCUT2D eigenvalue weighted by molar-refractivity contribution is 0.0937. The zero-order valence-corrected chi connectivity index (χ0v) is 12.2. The normalized spacial score (nSPS) is 22.4. The Hall–Kier alpha value is -1.23. The van der Waals surface area contributed by atoms with Gasteiger partial charge in [0.2, 0.25) is 0 Å². The fourth-order valence-corrected chi connectivity index (χ4v) is 3.56. The van der Waals surface area contributed by atoms with E-state index in [2.05, 4.69) is 12.2 Å². The monoisotopic (exact) mass is 280 g/mol. The summed E-state index contributed by atoms with van der Waals surface area (Å²) in [6.45, 7) is 2.16. The van der Waals surface area contributed by atoms with Crippen LogP contribution in [0.3, 0.4) is 0 Å². The molecule has 2 unspecified atom stereocenters. The Morgan fingerprint density at radius 2 is 2.32 bits per heavy atom. The summed E-state index contributed by atoms with van der Waals surface area (Å²) in [5, 5.41) is 3.70. The summed E-state index contributed by atoms with van der Waals surface area (Å²) >= 11 is 1.97. The first kappa shape index (κ1) is 14.2. The van der Waals surface area contributed by atoms with Crippen LogP contribution in [0.2, 0.25) is 0 Å². The molecule has 1 aromatic rings. The summed E-state index contributed by atoms with van der Waals surface area (Å²) in [5.74, 6) is 0.991. The first-order valence-corrected chi connectivity index (χ1v) is 7.74. The molecule has 1 amide bonds. The minimum absolute atomic E-state index is 0.134. The van der Waals surface area contributed by atoms with E-state index in [-0.39, 0.29) is 17.5 Å². The summed E-state index contributed by atoms with van der Waals surface area (Å²) in [6, 6.07) is 3.33. The number of nitrogens with one attached hydrogen (secondary N) is 1. The number of hydrogen-bond acceptors (Lipinski definition) is 3. The van der Waals surface area contributed by atoms with Crippen molar-refractivity contribution in [2.24, 2.45) is 7.05 Å². The molecule has 1 aliphatic rings. The topological polar surface area (TPSA) is 51.1 Å². The number of aromatic nitrogens is 1. The van der Waals surface area contributed by atoms with Gasteiger partial charge < -0.3 is 9.88 Å². The van der Waals surface area contributed by atoms with Gasteiger partial charge in [-0.3, -0.25) is 9.59 Å². The average Bonchev–Trinajstić information content (AvgIpc) is 2.80. The van der Waals surface area contributed by atoms with Crippen LogP contribution in [0.25, 0.3) is 0 Å². The summed E-state index contributed by atoms with van der Waals surface area (Å²) in [6.07, 6.45) is 4.87. The van der Waals surface area contributed by atoms with Crippen molar-refractivity contribution in [1.82, 2.24) is 9.88 Å². The van der Waals surface area contributed by atoms with Crippen LogP contribution in [-0.2, 0) is 7.05 Å². The van der Waals surface area contributed by atoms with Gasteiger partial charge >= 0.3 is 0 Å². The molecule has 1 aliphatic carbocycles. The second kappa shape index (κ2) is 6.28. The number of pyridine rings is 1. The highest BCUT2D eigenvalue weighted by Gasteiger charge is 2.26. The van der Waals surface area contributed by atoms with Crippen LogP contribution in [0.4, 0.5) is 0 Å². The number of rotatable bonds is 4. The molecule has 0 saturated heterocycles. The quantitative estimate of drug-likeness (QED) is 0.915. The molecule has 0 aromatic carbocycles. The van der Waals surface area contributed by atoms with Crippen LogP contribution in [-0.4, -0.2) is 27.5 Å². The Morgan fingerprint density at radius 1 is 1.53 bits per heavy atom. The van der Waals surface area contributed by atoms with E-state index in [1.807, 2.05) is 11.8 Å². The van der Waals surface area contributed by atoms with E-state index in [9.17, 15) is 9.59 Å². The second-order valence-corrected chi connectivity index (χ2v) is 6.50. The second-order valence-electron chi connectivity index (χ2n) is 4.93. The summed E-state index contributed by atoms with van der Waals surface area (Å²) in [4.78, 5) is 23.6. The highest BCUT2D eigenvalue weighted by atomic mass is 32.2. The van der Waals surface area contributed by atoms with Gasteiger partial charge in [0, 0.05) is 36.2 Å². The van der Waals surface area contributed by atoms with E-state index in [0.29, 0.717) is 10.8 Å². The molecule has 104 valence electrons. The maximum Gasteiger partial charge on any atom is 0.251 e. The van der Waals surface area contributed by atoms with Crippen LogP contribution in [0.5, 0.6) is 0 Å². The molecule has 2 rings (SSSR count). The smallest absolute Gasteiger partial charge is 0.251 e. The van der Waals surface area contributed by atoms with Crippen LogP contribution >= 0.6 is 11.8 Å². The van der Waals surface area contributed by atoms with Gasteiger partial charge in [-0.25, -0.2) is 0 Å². The van der Waals surface area contributed by atoms with E-state index >= 15 is 0 Å². The van der Waals surface area contributed by atoms with Gasteiger partial charge in [0.15, 0.2) is 0 Å². The number of aryl methyl sites for hydroxylation is 1. The predicted octanol–water partition coefficient (Wildman–Crippen LogP) is 1.79. The van der Waals surface area contributed by atoms with Crippen molar-refractivity contribution in [2.75, 3.05) is 5.75 Å². The lowest BCUT2D eigenvalue weighted by atomic mass is 10.2. The summed E-state index contributed by atoms with van der Waals surface area (Å²) in [5.41, 5.74) is 0.299. The number of carbonyl (C=O) groups excluding carboxylic acids is 1. The van der Waals surface area contributed by atoms with Crippen molar-refractivity contribution in [3.05, 3.63) is 34.2 Å². The molecule has 1 fully saturated rings. The largest absolute Gasteiger partial charge is 0.349 e. The highest BCUT2D eigenvalue weighted by Crippen LogP contribution is 2.29. The fourth-order valence-electron chi connectivity index (χ4n) is 2.42. The predicted molar refractivity (Wildman–Crippen MR) is 78.7 cm³/mol. The van der Waals surface area contributed by atoms with Crippen molar-refractivity contribution >= 4 is 17.7 Å². The number of hydrogen-bond donors (Lipinski definition) is 1. The molecular formula is C14H20N2O2S. The number of thioether (sulfide) groups is 1. The molecule has 4 nitrogen and oxygen atoms in total. The van der Waals surface area contributed by atoms with Gasteiger partial charge in [-0.1, -0.05) is 6.92 Å². The third-order valence-electron chi connectivity index (χ3n) is 3.49. The standard InChI is InChI=1S/C14H20N2O2S/c1-3-19-12-5-4-11(9-12)15-14(18)10-6-7-16(2)13(17)8-10/h6-8,11-12H,3-5,9H2,1-2H3,(H,15,18). The molecule has 1 aromatic heterocycles. The first-order chi connectivity index (χ1) is 9.10. The summed E-state index contributed by atoms with van der Waals surface area (Å²) < 4.78 is 1.46. The molecule has 19 heavy (non-hydrogen) atoms. The van der Waals surface area contributed by atoms with Crippen molar-refractivity contribution in [2.45, 2.75) is 37.5 Å². The Kier molecular flexibility index (Phi) is 4.69. The van der Waals surface area contributed by atoms with Gasteiger partial charge in [-0.05, 0) is 31.1 Å². The van der Waals surface area contributed by atoms with Crippen LogP contribution in [0, 0.1) is 0 Å². The Balaban J connectivity index is 1.94. The molecule has 0 aliphatic heterocycles. The van der Waals surface area contributed by atoms with Gasteiger partial charge in [0.1, 0.15) is 0 Å². The average molecular weight is 280 g/mol. The molecule has 5 heteroatoms. The zero-order chi connectivity index (χ0) is 13.8. The van der Waals surface area contributed by atoms with Crippen molar-refractivity contribution < 1.29 is 4.79 Å². The number of carbonyl (C=O) groups is 1. The van der Waals surface area contributed by atoms with Gasteiger partial charge in [0.25, 0.3) is 11.5 Å². The lowest BCUT2D eigenvalue weighted by Gasteiger charge is -2.13. The fraction of sp³-hybridized carbons (Fsp3) is 0.571. The van der Waals surface area contributed by atoms with E-state index in [1.165, 1.54) is 17.1 Å². The maximum atomic E-state index is 12.1. The highest BCUT2D eigenvalue weighted by molar-refractivity contribution is 7.99. The van der Waals surface area contributed by atoms with Crippen molar-refractivity contribution in [3.63, 3.8) is 0 Å². The zero-order valence-electron chi connectivity index (χ0n) is 11.4. The molecule has 0 radical (unpaired) electrons. The number of amides is 1. The SMILES string of the molecule is CCSC1CCC(NC(=O)c2ccn(C)c(=O)c2)C1. The molecule has 1 heterocycles. The van der Waals surface area contributed by atoms with Crippen LogP contribution in [0.1, 0.15) is 36.5 Å². The van der Waals surface area contributed by atoms with Crippen LogP contribution in [0.15, 0.2) is 23.1 Å². The molecule has 1 saturated carbocycles. The third kappa shape index (κ3) is 3.62. The molecule has 2 atom stereocenters. The van der Waals surface area contributed by atoms with Crippen LogP contribution < -0.4 is 10.9 Å². The Morgan fingerprint density at radius 3 is 3.00 bits per heavy atom. The van der Waals surface area contributed by atoms with Gasteiger partial charge in [-0.15, -0.1) is 0 Å².